The number of carboxylic acids is 1. The van der Waals surface area contributed by atoms with E-state index in [4.69, 9.17) is 10.8 Å². The number of primary amides is 1. The van der Waals surface area contributed by atoms with Crippen LogP contribution in [0.15, 0.2) is 12.4 Å². The minimum absolute atomic E-state index is 0.141. The van der Waals surface area contributed by atoms with Crippen molar-refractivity contribution in [3.63, 3.8) is 0 Å². The Balaban J connectivity index is 3.27. The van der Waals surface area contributed by atoms with Gasteiger partial charge in [0.2, 0.25) is 0 Å². The van der Waals surface area contributed by atoms with Gasteiger partial charge in [0.25, 0.3) is 5.91 Å². The third kappa shape index (κ3) is 1.36. The number of aromatic nitrogens is 2. The molecule has 62 valence electrons. The van der Waals surface area contributed by atoms with E-state index in [1.165, 1.54) is 0 Å². The molecule has 0 aliphatic carbocycles. The summed E-state index contributed by atoms with van der Waals surface area (Å²) in [6.45, 7) is 0. The van der Waals surface area contributed by atoms with Gasteiger partial charge >= 0.3 is 5.97 Å². The molecule has 0 aliphatic heterocycles. The van der Waals surface area contributed by atoms with Crippen molar-refractivity contribution in [1.82, 2.24) is 10.2 Å². The highest BCUT2D eigenvalue weighted by Crippen LogP contribution is 2.03. The summed E-state index contributed by atoms with van der Waals surface area (Å²) < 4.78 is 0. The summed E-state index contributed by atoms with van der Waals surface area (Å²) in [7, 11) is 0. The van der Waals surface area contributed by atoms with Crippen molar-refractivity contribution in [3.8, 4) is 0 Å². The molecule has 0 atom stereocenters. The van der Waals surface area contributed by atoms with Gasteiger partial charge in [0.1, 0.15) is 0 Å². The van der Waals surface area contributed by atoms with E-state index in [2.05, 4.69) is 10.2 Å². The Morgan fingerprint density at radius 2 is 1.75 bits per heavy atom. The number of rotatable bonds is 2. The summed E-state index contributed by atoms with van der Waals surface area (Å²) in [4.78, 5) is 21.1. The zero-order chi connectivity index (χ0) is 9.14. The number of hydrogen-bond donors (Lipinski definition) is 2. The van der Waals surface area contributed by atoms with Gasteiger partial charge in [0.15, 0.2) is 0 Å². The first-order valence-electron chi connectivity index (χ1n) is 2.96. The predicted octanol–water partition coefficient (Wildman–Crippen LogP) is -0.726. The molecule has 6 nitrogen and oxygen atoms in total. The van der Waals surface area contributed by atoms with Gasteiger partial charge < -0.3 is 10.8 Å². The number of hydrogen-bond acceptors (Lipinski definition) is 4. The molecule has 1 rings (SSSR count). The molecule has 1 aromatic rings. The second-order valence-corrected chi connectivity index (χ2v) is 1.99. The van der Waals surface area contributed by atoms with Crippen molar-refractivity contribution in [1.29, 1.82) is 0 Å². The second kappa shape index (κ2) is 2.95. The van der Waals surface area contributed by atoms with Crippen LogP contribution in [0, 0.1) is 0 Å². The number of nitrogens with zero attached hydrogens (tertiary/aromatic N) is 2. The van der Waals surface area contributed by atoms with Crippen LogP contribution in [0.1, 0.15) is 20.7 Å². The molecular weight excluding hydrogens is 162 g/mol. The lowest BCUT2D eigenvalue weighted by molar-refractivity contribution is 0.0691. The van der Waals surface area contributed by atoms with Crippen LogP contribution in [0.4, 0.5) is 0 Å². The molecule has 0 spiro atoms. The normalized spacial score (nSPS) is 9.33. The summed E-state index contributed by atoms with van der Waals surface area (Å²) >= 11 is 0. The summed E-state index contributed by atoms with van der Waals surface area (Å²) in [5.74, 6) is -2.08. The van der Waals surface area contributed by atoms with Crippen molar-refractivity contribution < 1.29 is 14.7 Å². The largest absolute Gasteiger partial charge is 0.478 e. The van der Waals surface area contributed by atoms with Crippen LogP contribution in [0.3, 0.4) is 0 Å². The van der Waals surface area contributed by atoms with Gasteiger partial charge in [-0.3, -0.25) is 4.79 Å². The number of carbonyl (C=O) groups is 2. The van der Waals surface area contributed by atoms with E-state index in [1.54, 1.807) is 0 Å². The lowest BCUT2D eigenvalue weighted by Gasteiger charge is -1.97. The molecule has 1 aromatic heterocycles. The highest BCUT2D eigenvalue weighted by Gasteiger charge is 2.13. The van der Waals surface area contributed by atoms with Gasteiger partial charge in [0, 0.05) is 0 Å². The van der Waals surface area contributed by atoms with Crippen LogP contribution in [-0.2, 0) is 0 Å². The molecule has 0 aromatic carbocycles. The van der Waals surface area contributed by atoms with Crippen LogP contribution in [0.5, 0.6) is 0 Å². The van der Waals surface area contributed by atoms with Crippen molar-refractivity contribution >= 4 is 11.9 Å². The van der Waals surface area contributed by atoms with E-state index >= 15 is 0 Å². The Morgan fingerprint density at radius 1 is 1.25 bits per heavy atom. The molecule has 3 N–H and O–H groups in total. The van der Waals surface area contributed by atoms with Crippen LogP contribution >= 0.6 is 0 Å². The average molecular weight is 167 g/mol. The zero-order valence-corrected chi connectivity index (χ0v) is 5.89. The van der Waals surface area contributed by atoms with E-state index in [1.807, 2.05) is 0 Å². The van der Waals surface area contributed by atoms with E-state index in [0.717, 1.165) is 12.4 Å². The Morgan fingerprint density at radius 3 is 2.08 bits per heavy atom. The summed E-state index contributed by atoms with van der Waals surface area (Å²) in [6, 6.07) is 0. The van der Waals surface area contributed by atoms with Crippen LogP contribution < -0.4 is 5.73 Å². The molecule has 0 saturated heterocycles. The molecule has 12 heavy (non-hydrogen) atoms. The minimum Gasteiger partial charge on any atom is -0.478 e. The molecule has 0 unspecified atom stereocenters. The van der Waals surface area contributed by atoms with Crippen LogP contribution in [-0.4, -0.2) is 27.2 Å². The lowest BCUT2D eigenvalue weighted by Crippen LogP contribution is -2.17. The summed E-state index contributed by atoms with van der Waals surface area (Å²) in [6.07, 6.45) is 1.99. The molecule has 6 heteroatoms. The monoisotopic (exact) mass is 167 g/mol. The molecule has 0 saturated carbocycles. The second-order valence-electron chi connectivity index (χ2n) is 1.99. The Hall–Kier alpha value is -1.98. The molecule has 0 radical (unpaired) electrons. The first-order chi connectivity index (χ1) is 5.63. The number of carbonyl (C=O) groups excluding carboxylic acids is 1. The van der Waals surface area contributed by atoms with E-state index in [9.17, 15) is 9.59 Å². The predicted molar refractivity (Wildman–Crippen MR) is 37.5 cm³/mol. The zero-order valence-electron chi connectivity index (χ0n) is 5.89. The maximum Gasteiger partial charge on any atom is 0.338 e. The lowest BCUT2D eigenvalue weighted by atomic mass is 10.1. The average Bonchev–Trinajstić information content (AvgIpc) is 2.04. The van der Waals surface area contributed by atoms with Crippen LogP contribution in [0.25, 0.3) is 0 Å². The molecule has 1 amide bonds. The maximum atomic E-state index is 10.6. The van der Waals surface area contributed by atoms with Gasteiger partial charge in [-0.1, -0.05) is 0 Å². The fourth-order valence-corrected chi connectivity index (χ4v) is 0.688. The summed E-state index contributed by atoms with van der Waals surface area (Å²) in [5.41, 5.74) is 4.50. The van der Waals surface area contributed by atoms with Crippen molar-refractivity contribution in [2.24, 2.45) is 5.73 Å². The SMILES string of the molecule is NC(=O)c1cnncc1C(=O)O. The highest BCUT2D eigenvalue weighted by atomic mass is 16.4. The van der Waals surface area contributed by atoms with Gasteiger partial charge in [-0.2, -0.15) is 10.2 Å². The Labute approximate surface area is 67.0 Å². The number of carboxylic acid groups (broad SMARTS) is 1. The Kier molecular flexibility index (Phi) is 2.00. The smallest absolute Gasteiger partial charge is 0.338 e. The minimum atomic E-state index is -1.25. The summed E-state index contributed by atoms with van der Waals surface area (Å²) in [5, 5.41) is 15.2. The van der Waals surface area contributed by atoms with Crippen molar-refractivity contribution in [3.05, 3.63) is 23.5 Å². The van der Waals surface area contributed by atoms with E-state index in [-0.39, 0.29) is 11.1 Å². The number of nitrogens with two attached hydrogens (primary N) is 1. The van der Waals surface area contributed by atoms with Crippen molar-refractivity contribution in [2.75, 3.05) is 0 Å². The topological polar surface area (TPSA) is 106 Å². The number of amides is 1. The molecule has 0 bridgehead atoms. The molecule has 0 aliphatic rings. The van der Waals surface area contributed by atoms with Gasteiger partial charge in [-0.25, -0.2) is 4.79 Å². The fourth-order valence-electron chi connectivity index (χ4n) is 0.688. The van der Waals surface area contributed by atoms with Crippen molar-refractivity contribution in [2.45, 2.75) is 0 Å². The third-order valence-corrected chi connectivity index (χ3v) is 1.23. The van der Waals surface area contributed by atoms with Gasteiger partial charge in [0.05, 0.1) is 23.5 Å². The Bertz CT molecular complexity index is 304. The quantitative estimate of drug-likeness (QED) is 0.604. The van der Waals surface area contributed by atoms with E-state index < -0.39 is 11.9 Å². The molecular formula is C6H5N3O3. The molecule has 0 fully saturated rings. The maximum absolute atomic E-state index is 10.6. The third-order valence-electron chi connectivity index (χ3n) is 1.23. The fraction of sp³-hybridized carbons (Fsp3) is 0. The highest BCUT2D eigenvalue weighted by molar-refractivity contribution is 6.03. The standard InChI is InChI=1S/C6H5N3O3/c7-5(10)3-1-8-9-2-4(3)6(11)12/h1-2H,(H2,7,10)(H,11,12). The van der Waals surface area contributed by atoms with Crippen LogP contribution in [0.2, 0.25) is 0 Å². The number of aromatic carboxylic acids is 1. The molecule has 1 heterocycles. The first kappa shape index (κ1) is 8.12. The van der Waals surface area contributed by atoms with E-state index in [0.29, 0.717) is 0 Å². The van der Waals surface area contributed by atoms with Gasteiger partial charge in [-0.05, 0) is 0 Å². The first-order valence-corrected chi connectivity index (χ1v) is 2.96. The van der Waals surface area contributed by atoms with Gasteiger partial charge in [-0.15, -0.1) is 0 Å².